The van der Waals surface area contributed by atoms with Crippen LogP contribution in [0.1, 0.15) is 39.1 Å². The third-order valence-electron chi connectivity index (χ3n) is 4.67. The molecule has 0 atom stereocenters. The number of ether oxygens (including phenoxy) is 2. The molecule has 2 heterocycles. The number of aryl methyl sites for hydroxylation is 1. The van der Waals surface area contributed by atoms with E-state index in [0.717, 1.165) is 5.69 Å². The second kappa shape index (κ2) is 9.13. The van der Waals surface area contributed by atoms with Crippen molar-refractivity contribution in [3.63, 3.8) is 0 Å². The Morgan fingerprint density at radius 3 is 2.28 bits per heavy atom. The Hall–Kier alpha value is -3.82. The van der Waals surface area contributed by atoms with Crippen molar-refractivity contribution < 1.29 is 14.3 Å². The summed E-state index contributed by atoms with van der Waals surface area (Å²) in [6.07, 6.45) is 0.589. The van der Waals surface area contributed by atoms with E-state index in [0.29, 0.717) is 35.1 Å². The fourth-order valence-corrected chi connectivity index (χ4v) is 2.93. The zero-order valence-corrected chi connectivity index (χ0v) is 19.1. The van der Waals surface area contributed by atoms with Crippen LogP contribution in [0.2, 0.25) is 0 Å². The first-order valence-corrected chi connectivity index (χ1v) is 10.1. The number of H-pyrrole nitrogens is 1. The van der Waals surface area contributed by atoms with E-state index >= 15 is 0 Å². The third kappa shape index (κ3) is 5.26. The maximum absolute atomic E-state index is 12.8. The average molecular weight is 441 g/mol. The molecule has 3 rings (SSSR count). The van der Waals surface area contributed by atoms with Crippen LogP contribution >= 0.6 is 0 Å². The van der Waals surface area contributed by atoms with E-state index in [1.165, 1.54) is 25.0 Å². The van der Waals surface area contributed by atoms with E-state index in [9.17, 15) is 9.59 Å². The number of hydrogen-bond acceptors (Lipinski definition) is 6. The molecular formula is C22H28N6O4. The van der Waals surface area contributed by atoms with Gasteiger partial charge in [-0.2, -0.15) is 9.78 Å². The molecule has 1 aromatic carbocycles. The highest BCUT2D eigenvalue weighted by molar-refractivity contribution is 5.99. The van der Waals surface area contributed by atoms with Crippen LogP contribution < -0.4 is 25.7 Å². The SMILES string of the molecule is CCc1cc(=O)[nH]c(-n2nc(C(C)(C)C)cc2NC(=O)Nc2cc(OC)cc(OC)c2)n1. The van der Waals surface area contributed by atoms with Gasteiger partial charge in [-0.1, -0.05) is 27.7 Å². The van der Waals surface area contributed by atoms with Crippen LogP contribution in [0, 0.1) is 0 Å². The molecule has 10 nitrogen and oxygen atoms in total. The molecule has 2 amide bonds. The maximum Gasteiger partial charge on any atom is 0.324 e. The number of rotatable bonds is 6. The lowest BCUT2D eigenvalue weighted by Crippen LogP contribution is -2.23. The van der Waals surface area contributed by atoms with E-state index in [4.69, 9.17) is 9.47 Å². The van der Waals surface area contributed by atoms with E-state index in [1.807, 2.05) is 27.7 Å². The number of aromatic nitrogens is 4. The van der Waals surface area contributed by atoms with Gasteiger partial charge >= 0.3 is 6.03 Å². The molecular weight excluding hydrogens is 412 g/mol. The number of aromatic amines is 1. The van der Waals surface area contributed by atoms with E-state index < -0.39 is 6.03 Å². The molecule has 3 aromatic rings. The molecule has 3 N–H and O–H groups in total. The number of nitrogens with one attached hydrogen (secondary N) is 3. The lowest BCUT2D eigenvalue weighted by molar-refractivity contribution is 0.262. The van der Waals surface area contributed by atoms with Gasteiger partial charge < -0.3 is 14.8 Å². The normalized spacial score (nSPS) is 11.2. The molecule has 0 fully saturated rings. The summed E-state index contributed by atoms with van der Waals surface area (Å²) >= 11 is 0. The summed E-state index contributed by atoms with van der Waals surface area (Å²) < 4.78 is 11.9. The minimum Gasteiger partial charge on any atom is -0.497 e. The van der Waals surface area contributed by atoms with Gasteiger partial charge in [0.15, 0.2) is 0 Å². The summed E-state index contributed by atoms with van der Waals surface area (Å²) in [7, 11) is 3.06. The fourth-order valence-electron chi connectivity index (χ4n) is 2.93. The van der Waals surface area contributed by atoms with Crippen LogP contribution in [0.3, 0.4) is 0 Å². The number of hydrogen-bond donors (Lipinski definition) is 3. The first-order valence-electron chi connectivity index (χ1n) is 10.1. The van der Waals surface area contributed by atoms with Crippen molar-refractivity contribution in [2.45, 2.75) is 39.5 Å². The van der Waals surface area contributed by atoms with Crippen LogP contribution in [-0.2, 0) is 11.8 Å². The van der Waals surface area contributed by atoms with Crippen LogP contribution in [0.5, 0.6) is 11.5 Å². The molecule has 0 unspecified atom stereocenters. The van der Waals surface area contributed by atoms with Gasteiger partial charge in [0.2, 0.25) is 5.95 Å². The Kier molecular flexibility index (Phi) is 6.52. The lowest BCUT2D eigenvalue weighted by Gasteiger charge is -2.13. The minimum absolute atomic E-state index is 0.225. The van der Waals surface area contributed by atoms with Crippen molar-refractivity contribution in [2.75, 3.05) is 24.9 Å². The number of anilines is 2. The van der Waals surface area contributed by atoms with E-state index in [1.54, 1.807) is 24.3 Å². The Bertz CT molecular complexity index is 1150. The number of carbonyl (C=O) groups is 1. The topological polar surface area (TPSA) is 123 Å². The van der Waals surface area contributed by atoms with Crippen molar-refractivity contribution in [3.05, 3.63) is 52.1 Å². The van der Waals surface area contributed by atoms with Gasteiger partial charge in [-0.3, -0.25) is 15.1 Å². The van der Waals surface area contributed by atoms with Gasteiger partial charge in [-0.25, -0.2) is 9.78 Å². The molecule has 0 radical (unpaired) electrons. The zero-order valence-electron chi connectivity index (χ0n) is 19.1. The predicted octanol–water partition coefficient (Wildman–Crippen LogP) is 3.48. The Balaban J connectivity index is 1.95. The Morgan fingerprint density at radius 2 is 1.72 bits per heavy atom. The second-order valence-electron chi connectivity index (χ2n) is 8.17. The number of nitrogens with zero attached hydrogens (tertiary/aromatic N) is 3. The van der Waals surface area contributed by atoms with Gasteiger partial charge in [0.1, 0.15) is 17.3 Å². The molecule has 0 saturated heterocycles. The van der Waals surface area contributed by atoms with Crippen LogP contribution in [-0.4, -0.2) is 40.0 Å². The highest BCUT2D eigenvalue weighted by atomic mass is 16.5. The first kappa shape index (κ1) is 22.9. The summed E-state index contributed by atoms with van der Waals surface area (Å²) in [6, 6.07) is 7.73. The van der Waals surface area contributed by atoms with Gasteiger partial charge in [-0.05, 0) is 6.42 Å². The van der Waals surface area contributed by atoms with Crippen molar-refractivity contribution in [3.8, 4) is 17.4 Å². The number of urea groups is 1. The van der Waals surface area contributed by atoms with Crippen LogP contribution in [0.25, 0.3) is 5.95 Å². The maximum atomic E-state index is 12.8. The molecule has 0 bridgehead atoms. The number of amides is 2. The van der Waals surface area contributed by atoms with Gasteiger partial charge in [-0.15, -0.1) is 0 Å². The fraction of sp³-hybridized carbons (Fsp3) is 0.364. The summed E-state index contributed by atoms with van der Waals surface area (Å²) in [4.78, 5) is 32.0. The quantitative estimate of drug-likeness (QED) is 0.539. The molecule has 10 heteroatoms. The zero-order chi connectivity index (χ0) is 23.5. The molecule has 32 heavy (non-hydrogen) atoms. The van der Waals surface area contributed by atoms with Crippen molar-refractivity contribution in [1.29, 1.82) is 0 Å². The Labute approximate surface area is 186 Å². The molecule has 0 spiro atoms. The molecule has 0 saturated carbocycles. The average Bonchev–Trinajstić information content (AvgIpc) is 3.17. The van der Waals surface area contributed by atoms with Crippen molar-refractivity contribution in [2.24, 2.45) is 0 Å². The van der Waals surface area contributed by atoms with Crippen molar-refractivity contribution >= 4 is 17.5 Å². The lowest BCUT2D eigenvalue weighted by atomic mass is 9.92. The highest BCUT2D eigenvalue weighted by Gasteiger charge is 2.22. The van der Waals surface area contributed by atoms with Crippen LogP contribution in [0.15, 0.2) is 35.1 Å². The van der Waals surface area contributed by atoms with Gasteiger partial charge in [0.05, 0.1) is 19.9 Å². The molecule has 170 valence electrons. The van der Waals surface area contributed by atoms with Crippen molar-refractivity contribution in [1.82, 2.24) is 19.7 Å². The summed E-state index contributed by atoms with van der Waals surface area (Å²) in [5.41, 5.74) is 1.25. The molecule has 0 aliphatic heterocycles. The summed E-state index contributed by atoms with van der Waals surface area (Å²) in [6.45, 7) is 7.92. The first-order chi connectivity index (χ1) is 15.1. The monoisotopic (exact) mass is 440 g/mol. The van der Waals surface area contributed by atoms with E-state index in [-0.39, 0.29) is 16.9 Å². The smallest absolute Gasteiger partial charge is 0.324 e. The largest absolute Gasteiger partial charge is 0.497 e. The van der Waals surface area contributed by atoms with Gasteiger partial charge in [0, 0.05) is 47.1 Å². The van der Waals surface area contributed by atoms with Crippen LogP contribution in [0.4, 0.5) is 16.3 Å². The molecule has 0 aliphatic carbocycles. The number of methoxy groups -OCH3 is 2. The standard InChI is InChI=1S/C22H28N6O4/c1-7-13-10-19(29)26-20(23-13)28-18(12-17(27-28)22(2,3)4)25-21(30)24-14-8-15(31-5)11-16(9-14)32-6/h8-12H,7H2,1-6H3,(H,23,26,29)(H2,24,25,30). The highest BCUT2D eigenvalue weighted by Crippen LogP contribution is 2.27. The molecule has 2 aromatic heterocycles. The number of benzene rings is 1. The second-order valence-corrected chi connectivity index (χ2v) is 8.17. The predicted molar refractivity (Wildman–Crippen MR) is 122 cm³/mol. The number of carbonyl (C=O) groups excluding carboxylic acids is 1. The summed E-state index contributed by atoms with van der Waals surface area (Å²) in [5, 5.41) is 10.1. The van der Waals surface area contributed by atoms with E-state index in [2.05, 4.69) is 25.7 Å². The summed E-state index contributed by atoms with van der Waals surface area (Å²) in [5.74, 6) is 1.66. The third-order valence-corrected chi connectivity index (χ3v) is 4.67. The van der Waals surface area contributed by atoms with Gasteiger partial charge in [0.25, 0.3) is 5.56 Å². The molecule has 0 aliphatic rings. The minimum atomic E-state index is -0.504. The Morgan fingerprint density at radius 1 is 1.06 bits per heavy atom.